The smallest absolute Gasteiger partial charge is 0.126 e. The highest BCUT2D eigenvalue weighted by Crippen LogP contribution is 2.26. The van der Waals surface area contributed by atoms with Gasteiger partial charge in [-0.1, -0.05) is 12.1 Å². The van der Waals surface area contributed by atoms with Gasteiger partial charge in [0.1, 0.15) is 5.82 Å². The summed E-state index contributed by atoms with van der Waals surface area (Å²) in [7, 11) is 2.19. The second kappa shape index (κ2) is 4.98. The Bertz CT molecular complexity index is 425. The van der Waals surface area contributed by atoms with Gasteiger partial charge in [-0.2, -0.15) is 0 Å². The molecular formula is C15H21FN2. The molecule has 0 saturated carbocycles. The van der Waals surface area contributed by atoms with Crippen molar-refractivity contribution in [2.45, 2.75) is 31.8 Å². The third-order valence-corrected chi connectivity index (χ3v) is 4.44. The number of nitrogens with zero attached hydrogens (tertiary/aromatic N) is 2. The van der Waals surface area contributed by atoms with Crippen molar-refractivity contribution >= 4 is 0 Å². The van der Waals surface area contributed by atoms with E-state index in [0.29, 0.717) is 6.04 Å². The lowest BCUT2D eigenvalue weighted by Gasteiger charge is -2.39. The van der Waals surface area contributed by atoms with Crippen LogP contribution in [0.3, 0.4) is 0 Å². The van der Waals surface area contributed by atoms with E-state index in [4.69, 9.17) is 0 Å². The molecule has 0 spiro atoms. The van der Waals surface area contributed by atoms with Crippen molar-refractivity contribution in [3.63, 3.8) is 0 Å². The number of piperidine rings is 1. The summed E-state index contributed by atoms with van der Waals surface area (Å²) in [5, 5.41) is 0. The summed E-state index contributed by atoms with van der Waals surface area (Å²) in [6.07, 6.45) is 3.37. The average molecular weight is 248 g/mol. The summed E-state index contributed by atoms with van der Waals surface area (Å²) >= 11 is 0. The van der Waals surface area contributed by atoms with Crippen molar-refractivity contribution in [2.24, 2.45) is 0 Å². The molecule has 0 unspecified atom stereocenters. The van der Waals surface area contributed by atoms with Crippen LogP contribution < -0.4 is 0 Å². The fourth-order valence-corrected chi connectivity index (χ4v) is 3.26. The molecule has 1 fully saturated rings. The number of hydrogen-bond acceptors (Lipinski definition) is 2. The van der Waals surface area contributed by atoms with E-state index < -0.39 is 0 Å². The molecule has 0 bridgehead atoms. The highest BCUT2D eigenvalue weighted by molar-refractivity contribution is 5.30. The Labute approximate surface area is 108 Å². The van der Waals surface area contributed by atoms with E-state index in [1.165, 1.54) is 31.5 Å². The fraction of sp³-hybridized carbons (Fsp3) is 0.600. The first-order chi connectivity index (χ1) is 8.74. The maximum absolute atomic E-state index is 13.7. The monoisotopic (exact) mass is 248 g/mol. The Morgan fingerprint density at radius 1 is 1.17 bits per heavy atom. The zero-order valence-corrected chi connectivity index (χ0v) is 11.0. The first kappa shape index (κ1) is 12.1. The number of halogens is 1. The molecule has 0 amide bonds. The summed E-state index contributed by atoms with van der Waals surface area (Å²) in [5.41, 5.74) is 2.14. The average Bonchev–Trinajstić information content (AvgIpc) is 2.39. The van der Waals surface area contributed by atoms with Gasteiger partial charge in [-0.05, 0) is 56.6 Å². The van der Waals surface area contributed by atoms with Gasteiger partial charge in [-0.25, -0.2) is 4.39 Å². The summed E-state index contributed by atoms with van der Waals surface area (Å²) in [6.45, 7) is 4.33. The molecule has 1 aromatic rings. The van der Waals surface area contributed by atoms with Crippen molar-refractivity contribution in [3.8, 4) is 0 Å². The zero-order chi connectivity index (χ0) is 12.5. The van der Waals surface area contributed by atoms with Gasteiger partial charge in [0.15, 0.2) is 0 Å². The van der Waals surface area contributed by atoms with Crippen LogP contribution in [0.2, 0.25) is 0 Å². The van der Waals surface area contributed by atoms with E-state index in [9.17, 15) is 4.39 Å². The zero-order valence-electron chi connectivity index (χ0n) is 11.0. The Morgan fingerprint density at radius 3 is 2.72 bits per heavy atom. The highest BCUT2D eigenvalue weighted by Gasteiger charge is 2.27. The Morgan fingerprint density at radius 2 is 1.94 bits per heavy atom. The third kappa shape index (κ3) is 2.29. The second-order valence-corrected chi connectivity index (χ2v) is 5.63. The summed E-state index contributed by atoms with van der Waals surface area (Å²) in [4.78, 5) is 4.95. The lowest BCUT2D eigenvalue weighted by atomic mass is 9.95. The van der Waals surface area contributed by atoms with Crippen LogP contribution in [0.4, 0.5) is 4.39 Å². The molecule has 3 heteroatoms. The molecule has 2 aliphatic rings. The molecule has 1 saturated heterocycles. The van der Waals surface area contributed by atoms with E-state index in [1.54, 1.807) is 6.07 Å². The number of benzene rings is 1. The molecule has 0 atom stereocenters. The molecule has 0 aliphatic carbocycles. The van der Waals surface area contributed by atoms with Crippen LogP contribution in [0.1, 0.15) is 24.0 Å². The molecule has 3 rings (SSSR count). The van der Waals surface area contributed by atoms with Crippen LogP contribution in [0.5, 0.6) is 0 Å². The lowest BCUT2D eigenvalue weighted by molar-refractivity contribution is 0.109. The minimum atomic E-state index is -0.0180. The first-order valence-corrected chi connectivity index (χ1v) is 6.93. The van der Waals surface area contributed by atoms with Crippen molar-refractivity contribution in [1.29, 1.82) is 0 Å². The van der Waals surface area contributed by atoms with E-state index in [0.717, 1.165) is 25.1 Å². The second-order valence-electron chi connectivity index (χ2n) is 5.63. The lowest BCUT2D eigenvalue weighted by Crippen LogP contribution is -2.45. The highest BCUT2D eigenvalue weighted by atomic mass is 19.1. The van der Waals surface area contributed by atoms with E-state index >= 15 is 0 Å². The van der Waals surface area contributed by atoms with Crippen molar-refractivity contribution in [2.75, 3.05) is 26.7 Å². The number of likely N-dealkylation sites (tertiary alicyclic amines) is 1. The minimum absolute atomic E-state index is 0.0180. The van der Waals surface area contributed by atoms with Crippen LogP contribution >= 0.6 is 0 Å². The third-order valence-electron chi connectivity index (χ3n) is 4.44. The first-order valence-electron chi connectivity index (χ1n) is 6.93. The SMILES string of the molecule is CN1CCC(N2CCc3c(F)cccc3C2)CC1. The van der Waals surface area contributed by atoms with Gasteiger partial charge in [0.05, 0.1) is 0 Å². The predicted octanol–water partition coefficient (Wildman–Crippen LogP) is 2.28. The summed E-state index contributed by atoms with van der Waals surface area (Å²) in [5.74, 6) is -0.0180. The quantitative estimate of drug-likeness (QED) is 0.752. The Kier molecular flexibility index (Phi) is 3.35. The van der Waals surface area contributed by atoms with E-state index in [2.05, 4.69) is 22.9 Å². The summed E-state index contributed by atoms with van der Waals surface area (Å²) < 4.78 is 13.7. The largest absolute Gasteiger partial charge is 0.306 e. The van der Waals surface area contributed by atoms with Crippen molar-refractivity contribution in [3.05, 3.63) is 35.1 Å². The topological polar surface area (TPSA) is 6.48 Å². The number of rotatable bonds is 1. The van der Waals surface area contributed by atoms with Crippen molar-refractivity contribution in [1.82, 2.24) is 9.80 Å². The molecule has 2 nitrogen and oxygen atoms in total. The van der Waals surface area contributed by atoms with Crippen LogP contribution in [-0.2, 0) is 13.0 Å². The molecule has 0 aromatic heterocycles. The van der Waals surface area contributed by atoms with Gasteiger partial charge in [0.25, 0.3) is 0 Å². The van der Waals surface area contributed by atoms with Crippen LogP contribution in [0.15, 0.2) is 18.2 Å². The van der Waals surface area contributed by atoms with Crippen LogP contribution in [-0.4, -0.2) is 42.5 Å². The van der Waals surface area contributed by atoms with Gasteiger partial charge < -0.3 is 4.90 Å². The predicted molar refractivity (Wildman–Crippen MR) is 71.0 cm³/mol. The Hall–Kier alpha value is -0.930. The Balaban J connectivity index is 1.71. The standard InChI is InChI=1S/C15H21FN2/c1-17-8-5-13(6-9-17)18-10-7-14-12(11-18)3-2-4-15(14)16/h2-4,13H,5-11H2,1H3. The summed E-state index contributed by atoms with van der Waals surface area (Å²) in [6, 6.07) is 6.20. The van der Waals surface area contributed by atoms with Crippen LogP contribution in [0.25, 0.3) is 0 Å². The molecule has 18 heavy (non-hydrogen) atoms. The number of hydrogen-bond donors (Lipinski definition) is 0. The van der Waals surface area contributed by atoms with Crippen molar-refractivity contribution < 1.29 is 4.39 Å². The molecule has 98 valence electrons. The van der Waals surface area contributed by atoms with E-state index in [1.807, 2.05) is 6.07 Å². The fourth-order valence-electron chi connectivity index (χ4n) is 3.26. The molecule has 0 radical (unpaired) electrons. The van der Waals surface area contributed by atoms with Crippen LogP contribution in [0, 0.1) is 5.82 Å². The number of fused-ring (bicyclic) bond motifs is 1. The molecule has 1 aromatic carbocycles. The molecule has 2 heterocycles. The van der Waals surface area contributed by atoms with Gasteiger partial charge in [-0.3, -0.25) is 4.90 Å². The van der Waals surface area contributed by atoms with Gasteiger partial charge in [0, 0.05) is 19.1 Å². The van der Waals surface area contributed by atoms with Gasteiger partial charge in [0.2, 0.25) is 0 Å². The maximum atomic E-state index is 13.7. The van der Waals surface area contributed by atoms with Gasteiger partial charge >= 0.3 is 0 Å². The van der Waals surface area contributed by atoms with E-state index in [-0.39, 0.29) is 5.82 Å². The molecule has 2 aliphatic heterocycles. The maximum Gasteiger partial charge on any atom is 0.126 e. The normalized spacial score (nSPS) is 23.0. The molecular weight excluding hydrogens is 227 g/mol. The molecule has 0 N–H and O–H groups in total. The van der Waals surface area contributed by atoms with Gasteiger partial charge in [-0.15, -0.1) is 0 Å². The minimum Gasteiger partial charge on any atom is -0.306 e.